The van der Waals surface area contributed by atoms with Gasteiger partial charge < -0.3 is 4.90 Å². The van der Waals surface area contributed by atoms with E-state index < -0.39 is 10.0 Å². The third kappa shape index (κ3) is 3.71. The Morgan fingerprint density at radius 1 is 0.821 bits per heavy atom. The Balaban J connectivity index is 1.52. The Bertz CT molecular complexity index is 929. The lowest BCUT2D eigenvalue weighted by Gasteiger charge is -2.32. The summed E-state index contributed by atoms with van der Waals surface area (Å²) in [5, 5.41) is 0. The molecule has 4 rings (SSSR count). The van der Waals surface area contributed by atoms with Gasteiger partial charge in [-0.3, -0.25) is 4.79 Å². The lowest BCUT2D eigenvalue weighted by molar-refractivity contribution is -0.135. The molecule has 0 saturated carbocycles. The molecule has 2 aromatic carbocycles. The van der Waals surface area contributed by atoms with Crippen molar-refractivity contribution in [2.24, 2.45) is 5.92 Å². The number of amides is 1. The highest BCUT2D eigenvalue weighted by atomic mass is 32.2. The van der Waals surface area contributed by atoms with Gasteiger partial charge in [0.15, 0.2) is 0 Å². The molecule has 0 aliphatic carbocycles. The number of rotatable bonds is 4. The van der Waals surface area contributed by atoms with E-state index in [4.69, 9.17) is 0 Å². The Morgan fingerprint density at radius 3 is 2.11 bits per heavy atom. The van der Waals surface area contributed by atoms with E-state index in [1.807, 2.05) is 47.4 Å². The molecule has 0 unspecified atom stereocenters. The number of nitrogens with zero attached hydrogens (tertiary/aromatic N) is 2. The van der Waals surface area contributed by atoms with Crippen LogP contribution in [0.3, 0.4) is 0 Å². The number of likely N-dealkylation sites (tertiary alicyclic amines) is 1. The molecule has 0 bridgehead atoms. The van der Waals surface area contributed by atoms with Crippen LogP contribution >= 0.6 is 0 Å². The third-order valence-corrected chi connectivity index (χ3v) is 7.77. The predicted octanol–water partition coefficient (Wildman–Crippen LogP) is 3.38. The Morgan fingerprint density at radius 2 is 1.43 bits per heavy atom. The Hall–Kier alpha value is -2.18. The molecule has 0 aromatic heterocycles. The SMILES string of the molecule is O=C(C1CCN(S(=O)(=O)c2ccccc2-c2ccccc2)CC1)N1CCCC1. The molecule has 5 nitrogen and oxygen atoms in total. The number of carbonyl (C=O) groups is 1. The van der Waals surface area contributed by atoms with Crippen molar-refractivity contribution in [3.8, 4) is 11.1 Å². The lowest BCUT2D eigenvalue weighted by atomic mass is 9.97. The zero-order valence-electron chi connectivity index (χ0n) is 16.0. The van der Waals surface area contributed by atoms with Gasteiger partial charge in [0.05, 0.1) is 4.90 Å². The van der Waals surface area contributed by atoms with Gasteiger partial charge in [-0.25, -0.2) is 8.42 Å². The van der Waals surface area contributed by atoms with E-state index in [9.17, 15) is 13.2 Å². The topological polar surface area (TPSA) is 57.7 Å². The van der Waals surface area contributed by atoms with Gasteiger partial charge >= 0.3 is 0 Å². The smallest absolute Gasteiger partial charge is 0.243 e. The van der Waals surface area contributed by atoms with Crippen molar-refractivity contribution in [2.45, 2.75) is 30.6 Å². The van der Waals surface area contributed by atoms with Crippen molar-refractivity contribution < 1.29 is 13.2 Å². The fourth-order valence-corrected chi connectivity index (χ4v) is 5.91. The largest absolute Gasteiger partial charge is 0.342 e. The fraction of sp³-hybridized carbons (Fsp3) is 0.409. The summed E-state index contributed by atoms with van der Waals surface area (Å²) in [6.45, 7) is 2.50. The van der Waals surface area contributed by atoms with Gasteiger partial charge in [0.25, 0.3) is 0 Å². The standard InChI is InChI=1S/C22H26N2O3S/c25-22(23-14-6-7-15-23)19-12-16-24(17-13-19)28(26,27)21-11-5-4-10-20(21)18-8-2-1-3-9-18/h1-5,8-11,19H,6-7,12-17H2. The van der Waals surface area contributed by atoms with Crippen LogP contribution in [0.15, 0.2) is 59.5 Å². The minimum absolute atomic E-state index is 0.0473. The summed E-state index contributed by atoms with van der Waals surface area (Å²) in [6, 6.07) is 16.8. The Labute approximate surface area is 167 Å². The highest BCUT2D eigenvalue weighted by Gasteiger charge is 2.35. The molecule has 2 aliphatic rings. The zero-order valence-corrected chi connectivity index (χ0v) is 16.8. The van der Waals surface area contributed by atoms with Crippen LogP contribution in [0.25, 0.3) is 11.1 Å². The lowest BCUT2D eigenvalue weighted by Crippen LogP contribution is -2.43. The van der Waals surface area contributed by atoms with Crippen LogP contribution in [0.5, 0.6) is 0 Å². The zero-order chi connectivity index (χ0) is 19.6. The summed E-state index contributed by atoms with van der Waals surface area (Å²) in [4.78, 5) is 14.9. The summed E-state index contributed by atoms with van der Waals surface area (Å²) >= 11 is 0. The summed E-state index contributed by atoms with van der Waals surface area (Å²) in [6.07, 6.45) is 3.36. The maximum atomic E-state index is 13.3. The third-order valence-electron chi connectivity index (χ3n) is 5.81. The number of benzene rings is 2. The van der Waals surface area contributed by atoms with Crippen molar-refractivity contribution >= 4 is 15.9 Å². The fourth-order valence-electron chi connectivity index (χ4n) is 4.23. The molecule has 0 radical (unpaired) electrons. The van der Waals surface area contributed by atoms with E-state index in [-0.39, 0.29) is 11.8 Å². The number of hydrogen-bond donors (Lipinski definition) is 0. The van der Waals surface area contributed by atoms with Gasteiger partial charge in [-0.05, 0) is 37.3 Å². The first-order valence-electron chi connectivity index (χ1n) is 10.0. The number of carbonyl (C=O) groups excluding carboxylic acids is 1. The second-order valence-corrected chi connectivity index (χ2v) is 9.48. The normalized spacial score (nSPS) is 19.1. The second kappa shape index (κ2) is 8.05. The highest BCUT2D eigenvalue weighted by molar-refractivity contribution is 7.89. The first-order chi connectivity index (χ1) is 13.6. The first kappa shape index (κ1) is 19.2. The molecule has 2 aromatic rings. The highest BCUT2D eigenvalue weighted by Crippen LogP contribution is 2.32. The number of sulfonamides is 1. The van der Waals surface area contributed by atoms with Gasteiger partial charge in [0, 0.05) is 37.7 Å². The van der Waals surface area contributed by atoms with Crippen molar-refractivity contribution in [3.05, 3.63) is 54.6 Å². The average Bonchev–Trinajstić information content (AvgIpc) is 3.29. The van der Waals surface area contributed by atoms with E-state index >= 15 is 0 Å². The van der Waals surface area contributed by atoms with Crippen molar-refractivity contribution in [1.29, 1.82) is 0 Å². The maximum Gasteiger partial charge on any atom is 0.243 e. The minimum Gasteiger partial charge on any atom is -0.342 e. The van der Waals surface area contributed by atoms with Crippen LogP contribution in [0, 0.1) is 5.92 Å². The summed E-state index contributed by atoms with van der Waals surface area (Å²) in [5.41, 5.74) is 1.61. The Kier molecular flexibility index (Phi) is 5.51. The van der Waals surface area contributed by atoms with E-state index in [0.717, 1.165) is 37.1 Å². The molecule has 2 aliphatic heterocycles. The molecule has 0 N–H and O–H groups in total. The average molecular weight is 399 g/mol. The second-order valence-electron chi connectivity index (χ2n) is 7.57. The van der Waals surface area contributed by atoms with Crippen LogP contribution in [-0.4, -0.2) is 49.7 Å². The minimum atomic E-state index is -3.60. The van der Waals surface area contributed by atoms with Gasteiger partial charge in [0.1, 0.15) is 0 Å². The van der Waals surface area contributed by atoms with Gasteiger partial charge in [0.2, 0.25) is 15.9 Å². The molecule has 1 amide bonds. The first-order valence-corrected chi connectivity index (χ1v) is 11.4. The monoisotopic (exact) mass is 398 g/mol. The van der Waals surface area contributed by atoms with E-state index in [0.29, 0.717) is 30.8 Å². The van der Waals surface area contributed by atoms with Crippen LogP contribution in [0.1, 0.15) is 25.7 Å². The molecular weight excluding hydrogens is 372 g/mol. The molecule has 0 atom stereocenters. The molecule has 148 valence electrons. The predicted molar refractivity (Wildman–Crippen MR) is 109 cm³/mol. The summed E-state index contributed by atoms with van der Waals surface area (Å²) < 4.78 is 28.2. The molecule has 2 fully saturated rings. The summed E-state index contributed by atoms with van der Waals surface area (Å²) in [5.74, 6) is 0.160. The molecule has 2 saturated heterocycles. The number of hydrogen-bond acceptors (Lipinski definition) is 3. The number of piperidine rings is 1. The van der Waals surface area contributed by atoms with Crippen molar-refractivity contribution in [3.63, 3.8) is 0 Å². The van der Waals surface area contributed by atoms with Gasteiger partial charge in [-0.15, -0.1) is 0 Å². The molecule has 6 heteroatoms. The molecule has 28 heavy (non-hydrogen) atoms. The van der Waals surface area contributed by atoms with E-state index in [1.54, 1.807) is 16.4 Å². The molecule has 2 heterocycles. The van der Waals surface area contributed by atoms with E-state index in [2.05, 4.69) is 0 Å². The quantitative estimate of drug-likeness (QED) is 0.793. The van der Waals surface area contributed by atoms with Crippen molar-refractivity contribution in [2.75, 3.05) is 26.2 Å². The van der Waals surface area contributed by atoms with Crippen LogP contribution in [-0.2, 0) is 14.8 Å². The van der Waals surface area contributed by atoms with Gasteiger partial charge in [-0.2, -0.15) is 4.31 Å². The summed E-state index contributed by atoms with van der Waals surface area (Å²) in [7, 11) is -3.60. The van der Waals surface area contributed by atoms with E-state index in [1.165, 1.54) is 0 Å². The van der Waals surface area contributed by atoms with Gasteiger partial charge in [-0.1, -0.05) is 48.5 Å². The van der Waals surface area contributed by atoms with Crippen LogP contribution in [0.4, 0.5) is 0 Å². The molecular formula is C22H26N2O3S. The van der Waals surface area contributed by atoms with Crippen molar-refractivity contribution in [1.82, 2.24) is 9.21 Å². The van der Waals surface area contributed by atoms with Crippen LogP contribution < -0.4 is 0 Å². The van der Waals surface area contributed by atoms with Crippen LogP contribution in [0.2, 0.25) is 0 Å². The maximum absolute atomic E-state index is 13.3. The molecule has 0 spiro atoms.